The molecular weight excluding hydrogens is 402 g/mol. The van der Waals surface area contributed by atoms with Gasteiger partial charge in [0.15, 0.2) is 5.16 Å². The molecule has 0 aliphatic carbocycles. The Morgan fingerprint density at radius 3 is 2.87 bits per heavy atom. The molecule has 0 aliphatic heterocycles. The molecule has 152 valence electrons. The number of rotatable bonds is 7. The number of ether oxygens (including phenoxy) is 1. The molecule has 4 rings (SSSR count). The van der Waals surface area contributed by atoms with E-state index in [9.17, 15) is 9.59 Å². The number of benzene rings is 2. The van der Waals surface area contributed by atoms with E-state index in [4.69, 9.17) is 4.74 Å². The fourth-order valence-corrected chi connectivity index (χ4v) is 3.89. The third-order valence-corrected chi connectivity index (χ3v) is 5.41. The molecule has 4 aromatic rings. The van der Waals surface area contributed by atoms with E-state index < -0.39 is 0 Å². The zero-order valence-corrected chi connectivity index (χ0v) is 17.1. The van der Waals surface area contributed by atoms with E-state index in [0.717, 1.165) is 0 Å². The predicted octanol–water partition coefficient (Wildman–Crippen LogP) is 2.44. The third kappa shape index (κ3) is 3.55. The summed E-state index contributed by atoms with van der Waals surface area (Å²) < 4.78 is 8.60. The second kappa shape index (κ2) is 8.42. The summed E-state index contributed by atoms with van der Waals surface area (Å²) in [5.41, 5.74) is 1.08. The van der Waals surface area contributed by atoms with Gasteiger partial charge in [-0.25, -0.2) is 4.57 Å². The molecule has 0 spiro atoms. The van der Waals surface area contributed by atoms with Crippen molar-refractivity contribution in [1.82, 2.24) is 24.5 Å². The maximum absolute atomic E-state index is 13.3. The van der Waals surface area contributed by atoms with Gasteiger partial charge in [-0.15, -0.1) is 16.8 Å². The minimum absolute atomic E-state index is 0.137. The highest BCUT2D eigenvalue weighted by molar-refractivity contribution is 7.99. The normalized spacial score (nSPS) is 11.0. The van der Waals surface area contributed by atoms with E-state index in [-0.39, 0.29) is 17.2 Å². The van der Waals surface area contributed by atoms with Crippen LogP contribution >= 0.6 is 11.8 Å². The number of nitrogens with zero attached hydrogens (tertiary/aromatic N) is 4. The zero-order chi connectivity index (χ0) is 21.1. The summed E-state index contributed by atoms with van der Waals surface area (Å²) in [4.78, 5) is 25.3. The molecule has 0 saturated carbocycles. The number of hydrogen-bond acceptors (Lipinski definition) is 6. The first-order chi connectivity index (χ1) is 14.6. The minimum Gasteiger partial charge on any atom is -0.497 e. The Morgan fingerprint density at radius 2 is 2.07 bits per heavy atom. The van der Waals surface area contributed by atoms with Crippen LogP contribution in [0, 0.1) is 0 Å². The molecule has 30 heavy (non-hydrogen) atoms. The molecule has 0 saturated heterocycles. The third-order valence-electron chi connectivity index (χ3n) is 4.48. The summed E-state index contributed by atoms with van der Waals surface area (Å²) in [5.74, 6) is 1.02. The number of fused-ring (bicyclic) bond motifs is 3. The van der Waals surface area contributed by atoms with E-state index in [1.54, 1.807) is 35.8 Å². The zero-order valence-electron chi connectivity index (χ0n) is 16.2. The fourth-order valence-electron chi connectivity index (χ4n) is 3.12. The van der Waals surface area contributed by atoms with Crippen molar-refractivity contribution in [2.75, 3.05) is 19.4 Å². The summed E-state index contributed by atoms with van der Waals surface area (Å²) in [6, 6.07) is 14.4. The highest BCUT2D eigenvalue weighted by Gasteiger charge is 2.18. The fraction of sp³-hybridized carbons (Fsp3) is 0.143. The smallest absolute Gasteiger partial charge is 0.267 e. The second-order valence-corrected chi connectivity index (χ2v) is 7.30. The largest absolute Gasteiger partial charge is 0.497 e. The standard InChI is InChI=1S/C21H19N5O3S/c1-3-11-22-18(27)13-30-21-24-23-20-25(14-7-6-8-15(12-14)29-2)19(28)16-9-4-5-10-17(16)26(20)21/h3-10,12H,1,11,13H2,2H3,(H,22,27). The Hall–Kier alpha value is -3.59. The molecule has 0 atom stereocenters. The Balaban J connectivity index is 1.89. The van der Waals surface area contributed by atoms with Gasteiger partial charge in [0.05, 0.1) is 29.5 Å². The molecule has 8 nitrogen and oxygen atoms in total. The van der Waals surface area contributed by atoms with E-state index in [1.807, 2.05) is 30.3 Å². The van der Waals surface area contributed by atoms with Gasteiger partial charge >= 0.3 is 0 Å². The maximum Gasteiger partial charge on any atom is 0.267 e. The van der Waals surface area contributed by atoms with Crippen molar-refractivity contribution < 1.29 is 9.53 Å². The number of methoxy groups -OCH3 is 1. The number of carbonyl (C=O) groups is 1. The highest BCUT2D eigenvalue weighted by Crippen LogP contribution is 2.24. The van der Waals surface area contributed by atoms with Gasteiger partial charge < -0.3 is 10.1 Å². The number of thioether (sulfide) groups is 1. The SMILES string of the molecule is C=CCNC(=O)CSc1nnc2n(-c3cccc(OC)c3)c(=O)c3ccccc3n12. The molecule has 2 aromatic carbocycles. The van der Waals surface area contributed by atoms with Crippen molar-refractivity contribution in [2.24, 2.45) is 0 Å². The van der Waals surface area contributed by atoms with Crippen molar-refractivity contribution in [3.8, 4) is 11.4 Å². The van der Waals surface area contributed by atoms with E-state index in [0.29, 0.717) is 39.8 Å². The van der Waals surface area contributed by atoms with Gasteiger partial charge in [0, 0.05) is 12.6 Å². The van der Waals surface area contributed by atoms with Crippen molar-refractivity contribution in [3.63, 3.8) is 0 Å². The van der Waals surface area contributed by atoms with E-state index >= 15 is 0 Å². The van der Waals surface area contributed by atoms with Crippen molar-refractivity contribution in [2.45, 2.75) is 5.16 Å². The average molecular weight is 421 g/mol. The van der Waals surface area contributed by atoms with Crippen LogP contribution in [0.25, 0.3) is 22.4 Å². The van der Waals surface area contributed by atoms with Crippen molar-refractivity contribution in [1.29, 1.82) is 0 Å². The van der Waals surface area contributed by atoms with Crippen LogP contribution in [-0.2, 0) is 4.79 Å². The van der Waals surface area contributed by atoms with Crippen LogP contribution in [0.15, 0.2) is 71.1 Å². The van der Waals surface area contributed by atoms with Crippen LogP contribution in [0.4, 0.5) is 0 Å². The highest BCUT2D eigenvalue weighted by atomic mass is 32.2. The Labute approximate surface area is 176 Å². The van der Waals surface area contributed by atoms with Gasteiger partial charge in [0.1, 0.15) is 5.75 Å². The number of carbonyl (C=O) groups excluding carboxylic acids is 1. The maximum atomic E-state index is 13.3. The molecule has 9 heteroatoms. The topological polar surface area (TPSA) is 90.5 Å². The number of aromatic nitrogens is 4. The van der Waals surface area contributed by atoms with Gasteiger partial charge in [0.25, 0.3) is 5.56 Å². The van der Waals surface area contributed by atoms with Gasteiger partial charge in [-0.1, -0.05) is 36.0 Å². The van der Waals surface area contributed by atoms with Gasteiger partial charge in [0.2, 0.25) is 11.7 Å². The lowest BCUT2D eigenvalue weighted by Gasteiger charge is -2.12. The van der Waals surface area contributed by atoms with Crippen LogP contribution in [0.1, 0.15) is 0 Å². The Kier molecular flexibility index (Phi) is 5.53. The Bertz CT molecular complexity index is 1310. The second-order valence-electron chi connectivity index (χ2n) is 6.36. The molecule has 0 radical (unpaired) electrons. The first kappa shape index (κ1) is 19.7. The number of hydrogen-bond donors (Lipinski definition) is 1. The van der Waals surface area contributed by atoms with Crippen LogP contribution in [-0.4, -0.2) is 44.5 Å². The molecule has 2 aromatic heterocycles. The number of para-hydroxylation sites is 1. The minimum atomic E-state index is -0.209. The summed E-state index contributed by atoms with van der Waals surface area (Å²) in [6.07, 6.45) is 1.62. The quantitative estimate of drug-likeness (QED) is 0.364. The molecule has 1 N–H and O–H groups in total. The molecular formula is C21H19N5O3S. The lowest BCUT2D eigenvalue weighted by molar-refractivity contribution is -0.118. The van der Waals surface area contributed by atoms with Crippen LogP contribution in [0.5, 0.6) is 5.75 Å². The lowest BCUT2D eigenvalue weighted by atomic mass is 10.2. The summed E-state index contributed by atoms with van der Waals surface area (Å²) in [5, 5.41) is 12.3. The monoisotopic (exact) mass is 421 g/mol. The summed E-state index contributed by atoms with van der Waals surface area (Å²) in [7, 11) is 1.57. The van der Waals surface area contributed by atoms with Crippen LogP contribution in [0.2, 0.25) is 0 Å². The van der Waals surface area contributed by atoms with E-state index in [1.165, 1.54) is 16.3 Å². The number of nitrogens with one attached hydrogen (secondary N) is 1. The molecule has 0 fully saturated rings. The van der Waals surface area contributed by atoms with Gasteiger partial charge in [-0.05, 0) is 24.3 Å². The molecule has 0 aliphatic rings. The van der Waals surface area contributed by atoms with E-state index in [2.05, 4.69) is 22.1 Å². The van der Waals surface area contributed by atoms with Crippen molar-refractivity contribution >= 4 is 34.3 Å². The van der Waals surface area contributed by atoms with Crippen LogP contribution < -0.4 is 15.6 Å². The van der Waals surface area contributed by atoms with Crippen molar-refractivity contribution in [3.05, 3.63) is 71.5 Å². The Morgan fingerprint density at radius 1 is 1.23 bits per heavy atom. The number of amides is 1. The molecule has 0 bridgehead atoms. The van der Waals surface area contributed by atoms with Gasteiger partial charge in [-0.2, -0.15) is 0 Å². The molecule has 1 amide bonds. The lowest BCUT2D eigenvalue weighted by Crippen LogP contribution is -2.25. The molecule has 0 unspecified atom stereocenters. The first-order valence-corrected chi connectivity index (χ1v) is 10.2. The molecule has 2 heterocycles. The summed E-state index contributed by atoms with van der Waals surface area (Å²) in [6.45, 7) is 3.99. The first-order valence-electron chi connectivity index (χ1n) is 9.17. The van der Waals surface area contributed by atoms with Crippen LogP contribution in [0.3, 0.4) is 0 Å². The summed E-state index contributed by atoms with van der Waals surface area (Å²) >= 11 is 1.25. The average Bonchev–Trinajstić information content (AvgIpc) is 3.20. The van der Waals surface area contributed by atoms with Gasteiger partial charge in [-0.3, -0.25) is 14.0 Å². The predicted molar refractivity (Wildman–Crippen MR) is 117 cm³/mol.